The number of methoxy groups -OCH3 is 1. The number of fused-ring (bicyclic) bond motifs is 1. The van der Waals surface area contributed by atoms with Crippen molar-refractivity contribution in [2.24, 2.45) is 5.73 Å². The first kappa shape index (κ1) is 13.9. The van der Waals surface area contributed by atoms with Crippen molar-refractivity contribution in [3.05, 3.63) is 53.7 Å². The van der Waals surface area contributed by atoms with Gasteiger partial charge in [0.05, 0.1) is 19.3 Å². The van der Waals surface area contributed by atoms with Crippen LogP contribution in [-0.4, -0.2) is 18.6 Å². The number of benzene rings is 1. The van der Waals surface area contributed by atoms with Gasteiger partial charge in [-0.15, -0.1) is 0 Å². The Morgan fingerprint density at radius 2 is 2.10 bits per heavy atom. The maximum Gasteiger partial charge on any atom is 0.213 e. The summed E-state index contributed by atoms with van der Waals surface area (Å²) in [5, 5.41) is 0. The normalized spacial score (nSPS) is 18.0. The summed E-state index contributed by atoms with van der Waals surface area (Å²) in [6.07, 6.45) is 2.12. The van der Waals surface area contributed by atoms with E-state index in [-0.39, 0.29) is 6.04 Å². The number of pyridine rings is 1. The quantitative estimate of drug-likeness (QED) is 0.941. The number of hydrogen-bond acceptors (Lipinski definition) is 4. The zero-order valence-electron chi connectivity index (χ0n) is 12.3. The molecule has 21 heavy (non-hydrogen) atoms. The van der Waals surface area contributed by atoms with Crippen molar-refractivity contribution in [3.8, 4) is 5.88 Å². The molecular weight excluding hydrogens is 262 g/mol. The number of ether oxygens (including phenoxy) is 1. The molecule has 2 aromatic rings. The van der Waals surface area contributed by atoms with Gasteiger partial charge in [-0.1, -0.05) is 24.3 Å². The van der Waals surface area contributed by atoms with E-state index < -0.39 is 0 Å². The van der Waals surface area contributed by atoms with Gasteiger partial charge in [0.25, 0.3) is 0 Å². The van der Waals surface area contributed by atoms with Gasteiger partial charge in [0.15, 0.2) is 0 Å². The lowest BCUT2D eigenvalue weighted by molar-refractivity contribution is 0.396. The molecule has 0 fully saturated rings. The average molecular weight is 283 g/mol. The summed E-state index contributed by atoms with van der Waals surface area (Å²) >= 11 is 0. The summed E-state index contributed by atoms with van der Waals surface area (Å²) in [4.78, 5) is 6.88. The van der Waals surface area contributed by atoms with Crippen LogP contribution in [0, 0.1) is 0 Å². The van der Waals surface area contributed by atoms with Crippen LogP contribution in [0.15, 0.2) is 42.5 Å². The van der Waals surface area contributed by atoms with E-state index in [2.05, 4.69) is 34.1 Å². The predicted octanol–water partition coefficient (Wildman–Crippen LogP) is 2.89. The minimum Gasteiger partial charge on any atom is -0.481 e. The third kappa shape index (κ3) is 3.00. The SMILES string of the molecule is COc1cccc(CN2CCCC(N)c3ccccc32)n1. The fraction of sp³-hybridized carbons (Fsp3) is 0.353. The summed E-state index contributed by atoms with van der Waals surface area (Å²) in [5.74, 6) is 0.660. The topological polar surface area (TPSA) is 51.4 Å². The number of anilines is 1. The highest BCUT2D eigenvalue weighted by Gasteiger charge is 2.20. The lowest BCUT2D eigenvalue weighted by Gasteiger charge is -2.25. The highest BCUT2D eigenvalue weighted by molar-refractivity contribution is 5.55. The third-order valence-electron chi connectivity index (χ3n) is 3.96. The van der Waals surface area contributed by atoms with Gasteiger partial charge in [-0.25, -0.2) is 4.98 Å². The Morgan fingerprint density at radius 3 is 2.95 bits per heavy atom. The van der Waals surface area contributed by atoms with Gasteiger partial charge in [-0.05, 0) is 30.5 Å². The molecule has 1 aromatic heterocycles. The minimum absolute atomic E-state index is 0.129. The molecule has 1 aromatic carbocycles. The lowest BCUT2D eigenvalue weighted by atomic mass is 10.0. The van der Waals surface area contributed by atoms with Gasteiger partial charge < -0.3 is 15.4 Å². The summed E-state index contributed by atoms with van der Waals surface area (Å²) in [6.45, 7) is 1.78. The van der Waals surface area contributed by atoms with E-state index in [1.54, 1.807) is 7.11 Å². The van der Waals surface area contributed by atoms with Gasteiger partial charge in [-0.3, -0.25) is 0 Å². The Hall–Kier alpha value is -2.07. The molecule has 1 aliphatic heterocycles. The zero-order chi connectivity index (χ0) is 14.7. The minimum atomic E-state index is 0.129. The molecule has 1 atom stereocenters. The van der Waals surface area contributed by atoms with Crippen molar-refractivity contribution in [2.75, 3.05) is 18.6 Å². The molecule has 0 spiro atoms. The Bertz CT molecular complexity index is 614. The highest BCUT2D eigenvalue weighted by atomic mass is 16.5. The molecule has 0 saturated heterocycles. The van der Waals surface area contributed by atoms with Gasteiger partial charge >= 0.3 is 0 Å². The number of rotatable bonds is 3. The van der Waals surface area contributed by atoms with Crippen LogP contribution in [0.2, 0.25) is 0 Å². The molecule has 4 nitrogen and oxygen atoms in total. The van der Waals surface area contributed by atoms with Crippen LogP contribution >= 0.6 is 0 Å². The van der Waals surface area contributed by atoms with Gasteiger partial charge in [0.2, 0.25) is 5.88 Å². The summed E-state index contributed by atoms with van der Waals surface area (Å²) in [7, 11) is 1.65. The van der Waals surface area contributed by atoms with Crippen LogP contribution in [0.5, 0.6) is 5.88 Å². The average Bonchev–Trinajstić information content (AvgIpc) is 2.68. The van der Waals surface area contributed by atoms with Crippen molar-refractivity contribution in [1.29, 1.82) is 0 Å². The standard InChI is InChI=1S/C17H21N3O/c1-21-17-10-4-6-13(19-17)12-20-11-5-8-15(18)14-7-2-3-9-16(14)20/h2-4,6-7,9-10,15H,5,8,11-12,18H2,1H3. The van der Waals surface area contributed by atoms with Gasteiger partial charge in [-0.2, -0.15) is 0 Å². The molecule has 2 N–H and O–H groups in total. The van der Waals surface area contributed by atoms with E-state index in [4.69, 9.17) is 10.5 Å². The van der Waals surface area contributed by atoms with E-state index in [0.29, 0.717) is 5.88 Å². The van der Waals surface area contributed by atoms with E-state index >= 15 is 0 Å². The van der Waals surface area contributed by atoms with E-state index in [9.17, 15) is 0 Å². The molecule has 110 valence electrons. The highest BCUT2D eigenvalue weighted by Crippen LogP contribution is 2.32. The van der Waals surface area contributed by atoms with Crippen molar-refractivity contribution in [1.82, 2.24) is 4.98 Å². The zero-order valence-corrected chi connectivity index (χ0v) is 12.3. The molecule has 0 bridgehead atoms. The first-order valence-electron chi connectivity index (χ1n) is 7.37. The van der Waals surface area contributed by atoms with Gasteiger partial charge in [0, 0.05) is 24.3 Å². The Kier molecular flexibility index (Phi) is 4.06. The van der Waals surface area contributed by atoms with Gasteiger partial charge in [0.1, 0.15) is 0 Å². The van der Waals surface area contributed by atoms with E-state index in [0.717, 1.165) is 31.6 Å². The Balaban J connectivity index is 1.89. The maximum atomic E-state index is 6.29. The second-order valence-electron chi connectivity index (χ2n) is 5.40. The van der Waals surface area contributed by atoms with Crippen molar-refractivity contribution in [2.45, 2.75) is 25.4 Å². The Morgan fingerprint density at radius 1 is 1.24 bits per heavy atom. The first-order chi connectivity index (χ1) is 10.3. The third-order valence-corrected chi connectivity index (χ3v) is 3.96. The van der Waals surface area contributed by atoms with E-state index in [1.165, 1.54) is 11.3 Å². The van der Waals surface area contributed by atoms with Crippen LogP contribution in [0.4, 0.5) is 5.69 Å². The number of nitrogens with two attached hydrogens (primary N) is 1. The maximum absolute atomic E-state index is 6.29. The number of hydrogen-bond donors (Lipinski definition) is 1. The molecule has 0 radical (unpaired) electrons. The van der Waals surface area contributed by atoms with Crippen LogP contribution < -0.4 is 15.4 Å². The molecule has 0 saturated carbocycles. The monoisotopic (exact) mass is 283 g/mol. The number of para-hydroxylation sites is 1. The molecule has 4 heteroatoms. The second-order valence-corrected chi connectivity index (χ2v) is 5.40. The largest absolute Gasteiger partial charge is 0.481 e. The summed E-state index contributed by atoms with van der Waals surface area (Å²) in [5.41, 5.74) is 9.76. The molecule has 1 unspecified atom stereocenters. The molecule has 0 amide bonds. The molecule has 1 aliphatic rings. The summed E-state index contributed by atoms with van der Waals surface area (Å²) < 4.78 is 5.21. The van der Waals surface area contributed by atoms with E-state index in [1.807, 2.05) is 18.2 Å². The fourth-order valence-electron chi connectivity index (χ4n) is 2.89. The molecule has 2 heterocycles. The Labute approximate surface area is 125 Å². The molecule has 0 aliphatic carbocycles. The first-order valence-corrected chi connectivity index (χ1v) is 7.37. The van der Waals surface area contributed by atoms with Crippen LogP contribution in [0.1, 0.15) is 30.1 Å². The second kappa shape index (κ2) is 6.14. The molecular formula is C17H21N3O. The van der Waals surface area contributed by atoms with Crippen molar-refractivity contribution >= 4 is 5.69 Å². The lowest BCUT2D eigenvalue weighted by Crippen LogP contribution is -2.24. The fourth-order valence-corrected chi connectivity index (χ4v) is 2.89. The number of nitrogens with zero attached hydrogens (tertiary/aromatic N) is 2. The predicted molar refractivity (Wildman–Crippen MR) is 84.4 cm³/mol. The summed E-state index contributed by atoms with van der Waals surface area (Å²) in [6, 6.07) is 14.4. The van der Waals surface area contributed by atoms with Crippen LogP contribution in [0.3, 0.4) is 0 Å². The van der Waals surface area contributed by atoms with Crippen molar-refractivity contribution < 1.29 is 4.74 Å². The van der Waals surface area contributed by atoms with Crippen LogP contribution in [-0.2, 0) is 6.54 Å². The van der Waals surface area contributed by atoms with Crippen molar-refractivity contribution in [3.63, 3.8) is 0 Å². The van der Waals surface area contributed by atoms with Crippen LogP contribution in [0.25, 0.3) is 0 Å². The molecule has 3 rings (SSSR count). The number of aromatic nitrogens is 1. The smallest absolute Gasteiger partial charge is 0.213 e.